The SMILES string of the molecule is COCCCNc1cc(CO[C@H]2CNC[C@@H](O)[C@@H]2c2ccc(Oc3ccc(OC)c(N)c3)cc2)ccc1O. The number of hydrogen-bond donors (Lipinski definition) is 5. The van der Waals surface area contributed by atoms with Crippen molar-refractivity contribution in [1.29, 1.82) is 0 Å². The molecule has 1 aliphatic heterocycles. The van der Waals surface area contributed by atoms with Gasteiger partial charge in [-0.2, -0.15) is 0 Å². The maximum absolute atomic E-state index is 10.8. The van der Waals surface area contributed by atoms with Crippen LogP contribution in [0.1, 0.15) is 23.5 Å². The number of aliphatic hydroxyl groups is 1. The number of phenolic OH excluding ortho intramolecular Hbond substituents is 1. The van der Waals surface area contributed by atoms with Gasteiger partial charge in [-0.3, -0.25) is 0 Å². The topological polar surface area (TPSA) is 127 Å². The summed E-state index contributed by atoms with van der Waals surface area (Å²) in [6.45, 7) is 2.80. The lowest BCUT2D eigenvalue weighted by Gasteiger charge is -2.36. The molecular formula is C29H37N3O6. The molecule has 3 aromatic rings. The van der Waals surface area contributed by atoms with Gasteiger partial charge in [-0.05, 0) is 53.9 Å². The average Bonchev–Trinajstić information content (AvgIpc) is 2.92. The minimum atomic E-state index is -0.597. The van der Waals surface area contributed by atoms with Crippen molar-refractivity contribution in [1.82, 2.24) is 5.32 Å². The van der Waals surface area contributed by atoms with Crippen LogP contribution >= 0.6 is 0 Å². The van der Waals surface area contributed by atoms with E-state index >= 15 is 0 Å². The number of rotatable bonds is 12. The zero-order chi connectivity index (χ0) is 26.9. The number of aromatic hydroxyl groups is 1. The van der Waals surface area contributed by atoms with Crippen molar-refractivity contribution in [3.8, 4) is 23.0 Å². The summed E-state index contributed by atoms with van der Waals surface area (Å²) in [5.74, 6) is 1.86. The molecular weight excluding hydrogens is 486 g/mol. The molecule has 0 spiro atoms. The third-order valence-corrected chi connectivity index (χ3v) is 6.58. The molecule has 3 aromatic carbocycles. The maximum Gasteiger partial charge on any atom is 0.142 e. The third-order valence-electron chi connectivity index (χ3n) is 6.58. The lowest BCUT2D eigenvalue weighted by molar-refractivity contribution is -0.0328. The molecule has 0 aliphatic carbocycles. The van der Waals surface area contributed by atoms with Gasteiger partial charge in [0.25, 0.3) is 0 Å². The number of nitrogens with one attached hydrogen (secondary N) is 2. The summed E-state index contributed by atoms with van der Waals surface area (Å²) in [4.78, 5) is 0. The van der Waals surface area contributed by atoms with Crippen LogP contribution in [-0.4, -0.2) is 62.9 Å². The number of nitrogens with two attached hydrogens (primary N) is 1. The quantitative estimate of drug-likeness (QED) is 0.137. The summed E-state index contributed by atoms with van der Waals surface area (Å²) in [5.41, 5.74) is 9.05. The van der Waals surface area contributed by atoms with E-state index in [1.54, 1.807) is 38.5 Å². The molecule has 9 nitrogen and oxygen atoms in total. The van der Waals surface area contributed by atoms with Gasteiger partial charge >= 0.3 is 0 Å². The molecule has 38 heavy (non-hydrogen) atoms. The van der Waals surface area contributed by atoms with Crippen molar-refractivity contribution in [3.05, 3.63) is 71.8 Å². The number of benzene rings is 3. The second kappa shape index (κ2) is 13.3. The van der Waals surface area contributed by atoms with E-state index in [1.165, 1.54) is 0 Å². The number of nitrogen functional groups attached to an aromatic ring is 1. The third kappa shape index (κ3) is 7.08. The maximum atomic E-state index is 10.8. The normalized spacial score (nSPS) is 19.2. The number of hydrogen-bond acceptors (Lipinski definition) is 9. The monoisotopic (exact) mass is 523 g/mol. The van der Waals surface area contributed by atoms with Crippen molar-refractivity contribution in [2.75, 3.05) is 51.5 Å². The van der Waals surface area contributed by atoms with Crippen LogP contribution in [0.3, 0.4) is 0 Å². The van der Waals surface area contributed by atoms with Gasteiger partial charge in [0.15, 0.2) is 0 Å². The number of anilines is 2. The lowest BCUT2D eigenvalue weighted by Crippen LogP contribution is -2.49. The van der Waals surface area contributed by atoms with Gasteiger partial charge in [0.1, 0.15) is 23.0 Å². The molecule has 1 heterocycles. The minimum absolute atomic E-state index is 0.193. The van der Waals surface area contributed by atoms with E-state index in [9.17, 15) is 10.2 Å². The second-order valence-electron chi connectivity index (χ2n) is 9.30. The van der Waals surface area contributed by atoms with Gasteiger partial charge in [0.2, 0.25) is 0 Å². The highest BCUT2D eigenvalue weighted by Crippen LogP contribution is 2.33. The molecule has 1 fully saturated rings. The molecule has 204 valence electrons. The largest absolute Gasteiger partial charge is 0.506 e. The fourth-order valence-electron chi connectivity index (χ4n) is 4.60. The Morgan fingerprint density at radius 3 is 2.53 bits per heavy atom. The molecule has 6 N–H and O–H groups in total. The minimum Gasteiger partial charge on any atom is -0.506 e. The summed E-state index contributed by atoms with van der Waals surface area (Å²) in [7, 11) is 3.24. The van der Waals surface area contributed by atoms with Crippen molar-refractivity contribution in [2.45, 2.75) is 31.2 Å². The zero-order valence-electron chi connectivity index (χ0n) is 21.9. The molecule has 1 saturated heterocycles. The van der Waals surface area contributed by atoms with E-state index in [2.05, 4.69) is 10.6 Å². The molecule has 0 bridgehead atoms. The zero-order valence-corrected chi connectivity index (χ0v) is 21.9. The molecule has 0 aromatic heterocycles. The molecule has 9 heteroatoms. The predicted octanol–water partition coefficient (Wildman–Crippen LogP) is 3.86. The highest BCUT2D eigenvalue weighted by molar-refractivity contribution is 5.57. The van der Waals surface area contributed by atoms with Gasteiger partial charge in [-0.1, -0.05) is 18.2 Å². The van der Waals surface area contributed by atoms with Gasteiger partial charge in [0.05, 0.1) is 37.3 Å². The van der Waals surface area contributed by atoms with Gasteiger partial charge in [0, 0.05) is 45.3 Å². The molecule has 0 radical (unpaired) electrons. The average molecular weight is 524 g/mol. The summed E-state index contributed by atoms with van der Waals surface area (Å²) >= 11 is 0. The molecule has 3 atom stereocenters. The Labute approximate surface area is 223 Å². The van der Waals surface area contributed by atoms with Crippen molar-refractivity contribution in [3.63, 3.8) is 0 Å². The Morgan fingerprint density at radius 1 is 1.00 bits per heavy atom. The number of methoxy groups -OCH3 is 2. The number of aliphatic hydroxyl groups excluding tert-OH is 1. The number of ether oxygens (including phenoxy) is 4. The number of β-amino-alcohol motifs (C(OH)–C–C–N with tert-alkyl or cyclic N) is 1. The summed E-state index contributed by atoms with van der Waals surface area (Å²) in [6.07, 6.45) is 0.000609. The van der Waals surface area contributed by atoms with Crippen molar-refractivity contribution < 1.29 is 29.2 Å². The summed E-state index contributed by atoms with van der Waals surface area (Å²) < 4.78 is 22.5. The fourth-order valence-corrected chi connectivity index (χ4v) is 4.60. The van der Waals surface area contributed by atoms with Crippen LogP contribution in [0.25, 0.3) is 0 Å². The second-order valence-corrected chi connectivity index (χ2v) is 9.30. The molecule has 0 amide bonds. The highest BCUT2D eigenvalue weighted by Gasteiger charge is 2.34. The van der Waals surface area contributed by atoms with Crippen LogP contribution in [-0.2, 0) is 16.1 Å². The van der Waals surface area contributed by atoms with Gasteiger partial charge in [-0.15, -0.1) is 0 Å². The van der Waals surface area contributed by atoms with E-state index in [0.29, 0.717) is 61.5 Å². The Kier molecular flexibility index (Phi) is 9.67. The molecule has 4 rings (SSSR count). The van der Waals surface area contributed by atoms with Crippen molar-refractivity contribution in [2.24, 2.45) is 0 Å². The van der Waals surface area contributed by atoms with E-state index < -0.39 is 6.10 Å². The lowest BCUT2D eigenvalue weighted by atomic mass is 9.85. The summed E-state index contributed by atoms with van der Waals surface area (Å²) in [6, 6.07) is 18.4. The Hall–Kier alpha value is -3.50. The Balaban J connectivity index is 1.40. The van der Waals surface area contributed by atoms with Crippen LogP contribution in [0, 0.1) is 0 Å². The van der Waals surface area contributed by atoms with Crippen LogP contribution in [0.2, 0.25) is 0 Å². The first-order valence-electron chi connectivity index (χ1n) is 12.7. The van der Waals surface area contributed by atoms with E-state index in [-0.39, 0.29) is 17.8 Å². The van der Waals surface area contributed by atoms with Crippen LogP contribution in [0.15, 0.2) is 60.7 Å². The van der Waals surface area contributed by atoms with E-state index in [0.717, 1.165) is 17.5 Å². The Morgan fingerprint density at radius 2 is 1.79 bits per heavy atom. The van der Waals surface area contributed by atoms with Gasteiger partial charge in [-0.25, -0.2) is 0 Å². The van der Waals surface area contributed by atoms with Crippen LogP contribution in [0.5, 0.6) is 23.0 Å². The molecule has 1 aliphatic rings. The first-order valence-corrected chi connectivity index (χ1v) is 12.7. The first kappa shape index (κ1) is 27.5. The predicted molar refractivity (Wildman–Crippen MR) is 147 cm³/mol. The fraction of sp³-hybridized carbons (Fsp3) is 0.379. The van der Waals surface area contributed by atoms with Crippen LogP contribution < -0.4 is 25.8 Å². The molecule has 0 saturated carbocycles. The summed E-state index contributed by atoms with van der Waals surface area (Å²) in [5, 5.41) is 27.5. The van der Waals surface area contributed by atoms with Crippen LogP contribution in [0.4, 0.5) is 11.4 Å². The van der Waals surface area contributed by atoms with Gasteiger partial charge < -0.3 is 45.5 Å². The standard InChI is InChI=1S/C29H37N3O6/c1-35-13-3-12-32-24-14-19(4-10-25(24)33)18-37-28-17-31-16-26(34)29(28)20-5-7-21(8-6-20)38-22-9-11-27(36-2)23(30)15-22/h4-11,14-15,26,28-29,31-34H,3,12-13,16-18,30H2,1-2H3/t26-,28+,29+/m1/s1. The smallest absolute Gasteiger partial charge is 0.142 e. The molecule has 0 unspecified atom stereocenters. The number of piperidine rings is 1. The van der Waals surface area contributed by atoms with Crippen molar-refractivity contribution >= 4 is 11.4 Å². The van der Waals surface area contributed by atoms with E-state index in [1.807, 2.05) is 36.4 Å². The first-order chi connectivity index (χ1) is 18.5. The number of phenols is 1. The Bertz CT molecular complexity index is 1170. The highest BCUT2D eigenvalue weighted by atomic mass is 16.5. The van der Waals surface area contributed by atoms with E-state index in [4.69, 9.17) is 24.7 Å².